The van der Waals surface area contributed by atoms with Gasteiger partial charge in [0.05, 0.1) is 11.2 Å². The lowest BCUT2D eigenvalue weighted by Crippen LogP contribution is -2.34. The van der Waals surface area contributed by atoms with Gasteiger partial charge < -0.3 is 15.9 Å². The van der Waals surface area contributed by atoms with Gasteiger partial charge in [0, 0.05) is 5.56 Å². The summed E-state index contributed by atoms with van der Waals surface area (Å²) in [4.78, 5) is 3.35. The van der Waals surface area contributed by atoms with Gasteiger partial charge in [0.1, 0.15) is 5.69 Å². The molecule has 2 heterocycles. The zero-order chi connectivity index (χ0) is 12.9. The molecule has 1 aliphatic rings. The molecular weight excluding hydrogens is 226 g/mol. The molecular formula is C13H13N5. The van der Waals surface area contributed by atoms with Gasteiger partial charge in [0.2, 0.25) is 0 Å². The van der Waals surface area contributed by atoms with Gasteiger partial charge >= 0.3 is 5.82 Å². The zero-order valence-electron chi connectivity index (χ0n) is 10.2. The summed E-state index contributed by atoms with van der Waals surface area (Å²) < 4.78 is 1.71. The van der Waals surface area contributed by atoms with Gasteiger partial charge in [-0.25, -0.2) is 0 Å². The zero-order valence-corrected chi connectivity index (χ0v) is 10.2. The lowest BCUT2D eigenvalue weighted by Gasteiger charge is -2.33. The van der Waals surface area contributed by atoms with Crippen LogP contribution < -0.4 is 11.1 Å². The second-order valence-electron chi connectivity index (χ2n) is 4.88. The molecule has 3 N–H and O–H groups in total. The highest BCUT2D eigenvalue weighted by molar-refractivity contribution is 5.80. The summed E-state index contributed by atoms with van der Waals surface area (Å²) in [6.45, 7) is 11.3. The minimum absolute atomic E-state index is 0.236. The second-order valence-corrected chi connectivity index (χ2v) is 4.88. The van der Waals surface area contributed by atoms with Gasteiger partial charge in [-0.15, -0.1) is 4.68 Å². The average molecular weight is 239 g/mol. The fraction of sp³-hybridized carbons (Fsp3) is 0.231. The van der Waals surface area contributed by atoms with E-state index in [-0.39, 0.29) is 11.4 Å². The van der Waals surface area contributed by atoms with Crippen LogP contribution in [-0.4, -0.2) is 9.78 Å². The summed E-state index contributed by atoms with van der Waals surface area (Å²) in [7, 11) is 0. The molecule has 0 atom stereocenters. The van der Waals surface area contributed by atoms with Gasteiger partial charge in [-0.1, -0.05) is 24.8 Å². The summed E-state index contributed by atoms with van der Waals surface area (Å²) in [6.07, 6.45) is 0. The van der Waals surface area contributed by atoms with Crippen LogP contribution in [0.2, 0.25) is 0 Å². The number of benzene rings is 1. The van der Waals surface area contributed by atoms with Crippen LogP contribution in [0.25, 0.3) is 10.5 Å². The van der Waals surface area contributed by atoms with Crippen molar-refractivity contribution in [3.63, 3.8) is 0 Å². The number of nitrogens with one attached hydrogen (secondary N) is 1. The summed E-state index contributed by atoms with van der Waals surface area (Å²) in [5.74, 6) is 0.940. The number of rotatable bonds is 0. The Morgan fingerprint density at radius 1 is 1.39 bits per heavy atom. The molecule has 90 valence electrons. The fourth-order valence-electron chi connectivity index (χ4n) is 2.35. The first-order chi connectivity index (χ1) is 8.54. The van der Waals surface area contributed by atoms with Crippen LogP contribution in [0.4, 0.5) is 17.3 Å². The molecule has 0 saturated heterocycles. The third-order valence-electron chi connectivity index (χ3n) is 3.24. The second kappa shape index (κ2) is 3.26. The molecule has 1 aromatic heterocycles. The summed E-state index contributed by atoms with van der Waals surface area (Å²) >= 11 is 0. The van der Waals surface area contributed by atoms with E-state index in [1.165, 1.54) is 0 Å². The number of nitrogens with zero attached hydrogens (tertiary/aromatic N) is 3. The lowest BCUT2D eigenvalue weighted by atomic mass is 9.91. The first-order valence-corrected chi connectivity index (χ1v) is 5.68. The Morgan fingerprint density at radius 2 is 2.11 bits per heavy atom. The molecule has 2 aromatic rings. The van der Waals surface area contributed by atoms with E-state index in [1.54, 1.807) is 4.68 Å². The van der Waals surface area contributed by atoms with Crippen LogP contribution in [0.5, 0.6) is 0 Å². The van der Waals surface area contributed by atoms with Crippen molar-refractivity contribution in [2.75, 3.05) is 11.1 Å². The maximum atomic E-state index is 7.09. The van der Waals surface area contributed by atoms with Crippen molar-refractivity contribution in [2.24, 2.45) is 0 Å². The van der Waals surface area contributed by atoms with E-state index in [1.807, 2.05) is 18.2 Å². The topological polar surface area (TPSA) is 60.2 Å². The molecule has 18 heavy (non-hydrogen) atoms. The first kappa shape index (κ1) is 10.7. The van der Waals surface area contributed by atoms with Crippen LogP contribution in [0.15, 0.2) is 24.3 Å². The highest BCUT2D eigenvalue weighted by Gasteiger charge is 2.34. The standard InChI is InChI=1S/C13H13N5/c1-13(2)8-6-4-5-7-9(8)18-12(16-13)10(14)11(15-3)17-18/h4-7,16H,14H2,1-2H3. The largest absolute Gasteiger partial charge is 0.403 e. The smallest absolute Gasteiger partial charge is 0.320 e. The van der Waals surface area contributed by atoms with E-state index in [9.17, 15) is 0 Å². The van der Waals surface area contributed by atoms with Crippen molar-refractivity contribution in [1.29, 1.82) is 0 Å². The molecule has 5 heteroatoms. The molecule has 0 amide bonds. The van der Waals surface area contributed by atoms with Gasteiger partial charge in [0.25, 0.3) is 0 Å². The number of para-hydroxylation sites is 1. The number of hydrogen-bond acceptors (Lipinski definition) is 3. The van der Waals surface area contributed by atoms with Gasteiger partial charge in [-0.05, 0) is 25.0 Å². The van der Waals surface area contributed by atoms with E-state index < -0.39 is 0 Å². The van der Waals surface area contributed by atoms with Crippen molar-refractivity contribution < 1.29 is 0 Å². The Labute approximate surface area is 105 Å². The van der Waals surface area contributed by atoms with Gasteiger partial charge in [-0.3, -0.25) is 0 Å². The first-order valence-electron chi connectivity index (χ1n) is 5.68. The third kappa shape index (κ3) is 1.23. The van der Waals surface area contributed by atoms with Crippen molar-refractivity contribution in [3.8, 4) is 5.69 Å². The van der Waals surface area contributed by atoms with E-state index in [2.05, 4.69) is 35.2 Å². The number of anilines is 2. The highest BCUT2D eigenvalue weighted by atomic mass is 15.4. The van der Waals surface area contributed by atoms with E-state index in [0.29, 0.717) is 11.5 Å². The van der Waals surface area contributed by atoms with E-state index >= 15 is 0 Å². The molecule has 1 aliphatic heterocycles. The maximum Gasteiger partial charge on any atom is 0.320 e. The van der Waals surface area contributed by atoms with E-state index in [4.69, 9.17) is 12.3 Å². The van der Waals surface area contributed by atoms with Crippen molar-refractivity contribution in [2.45, 2.75) is 19.4 Å². The lowest BCUT2D eigenvalue weighted by molar-refractivity contribution is 0.575. The van der Waals surface area contributed by atoms with Crippen molar-refractivity contribution >= 4 is 17.3 Å². The molecule has 1 aromatic carbocycles. The molecule has 0 fully saturated rings. The fourth-order valence-corrected chi connectivity index (χ4v) is 2.35. The number of fused-ring (bicyclic) bond motifs is 3. The molecule has 0 unspecified atom stereocenters. The van der Waals surface area contributed by atoms with Crippen molar-refractivity contribution in [3.05, 3.63) is 41.2 Å². The Hall–Kier alpha value is -2.48. The molecule has 0 saturated carbocycles. The third-order valence-corrected chi connectivity index (χ3v) is 3.24. The summed E-state index contributed by atoms with van der Waals surface area (Å²) in [5, 5.41) is 7.60. The molecule has 0 bridgehead atoms. The molecule has 0 radical (unpaired) electrons. The normalized spacial score (nSPS) is 15.2. The van der Waals surface area contributed by atoms with Gasteiger partial charge in [0.15, 0.2) is 5.82 Å². The summed E-state index contributed by atoms with van der Waals surface area (Å²) in [6, 6.07) is 8.00. The Morgan fingerprint density at radius 3 is 2.83 bits per heavy atom. The predicted octanol–water partition coefficient (Wildman–Crippen LogP) is 2.67. The average Bonchev–Trinajstić information content (AvgIpc) is 2.66. The van der Waals surface area contributed by atoms with Crippen LogP contribution in [0.3, 0.4) is 0 Å². The molecule has 5 nitrogen and oxygen atoms in total. The minimum Gasteiger partial charge on any atom is -0.403 e. The molecule has 0 aliphatic carbocycles. The predicted molar refractivity (Wildman–Crippen MR) is 70.9 cm³/mol. The Kier molecular flexibility index (Phi) is 1.93. The van der Waals surface area contributed by atoms with Crippen LogP contribution in [0.1, 0.15) is 19.4 Å². The van der Waals surface area contributed by atoms with E-state index in [0.717, 1.165) is 11.3 Å². The Bertz CT molecular complexity index is 675. The van der Waals surface area contributed by atoms with Gasteiger partial charge in [-0.2, -0.15) is 0 Å². The molecule has 0 spiro atoms. The summed E-state index contributed by atoms with van der Waals surface area (Å²) in [5.41, 5.74) is 8.23. The number of aromatic nitrogens is 2. The quantitative estimate of drug-likeness (QED) is 0.695. The molecule has 3 rings (SSSR count). The van der Waals surface area contributed by atoms with Crippen LogP contribution in [-0.2, 0) is 5.54 Å². The Balaban J connectivity index is 2.35. The SMILES string of the molecule is [C-]#[N+]c1nn2c(c1N)NC(C)(C)c1ccccc1-2. The maximum absolute atomic E-state index is 7.09. The number of nitrogen functional groups attached to an aromatic ring is 1. The number of hydrogen-bond donors (Lipinski definition) is 2. The number of nitrogens with two attached hydrogens (primary N) is 1. The monoisotopic (exact) mass is 239 g/mol. The highest BCUT2D eigenvalue weighted by Crippen LogP contribution is 2.42. The minimum atomic E-state index is -0.236. The van der Waals surface area contributed by atoms with Crippen LogP contribution in [0, 0.1) is 6.57 Å². The van der Waals surface area contributed by atoms with Crippen LogP contribution >= 0.6 is 0 Å². The van der Waals surface area contributed by atoms with Crippen molar-refractivity contribution in [1.82, 2.24) is 9.78 Å².